The van der Waals surface area contributed by atoms with E-state index < -0.39 is 40.4 Å². The quantitative estimate of drug-likeness (QED) is 0.0764. The second-order valence-electron chi connectivity index (χ2n) is 49.8. The van der Waals surface area contributed by atoms with E-state index in [0.717, 1.165) is 6.42 Å². The molecule has 0 unspecified atom stereocenters. The predicted octanol–water partition coefficient (Wildman–Crippen LogP) is 26.7. The summed E-state index contributed by atoms with van der Waals surface area (Å²) in [5, 5.41) is 7.87. The fourth-order valence-corrected chi connectivity index (χ4v) is 26.3. The van der Waals surface area contributed by atoms with Crippen LogP contribution in [0.5, 0.6) is 0 Å². The molecule has 0 radical (unpaired) electrons. The van der Waals surface area contributed by atoms with Gasteiger partial charge >= 0.3 is 0 Å². The van der Waals surface area contributed by atoms with E-state index in [4.69, 9.17) is 0 Å². The third-order valence-electron chi connectivity index (χ3n) is 25.1. The van der Waals surface area contributed by atoms with Crippen LogP contribution in [0.4, 0.5) is 0 Å². The second kappa shape index (κ2) is 39.7. The Morgan fingerprint density at radius 2 is 0.536 bits per heavy atom. The highest BCUT2D eigenvalue weighted by Gasteiger charge is 2.38. The first-order chi connectivity index (χ1) is 56.5. The number of aryl methyl sites for hydroxylation is 11. The predicted molar refractivity (Wildman–Crippen MR) is 568 cm³/mol. The van der Waals surface area contributed by atoms with Crippen LogP contribution in [0.15, 0.2) is 152 Å². The van der Waals surface area contributed by atoms with Gasteiger partial charge in [0.05, 0.1) is 40.4 Å². The Morgan fingerprint density at radius 3 is 0.840 bits per heavy atom. The molecule has 5 nitrogen and oxygen atoms in total. The van der Waals surface area contributed by atoms with Gasteiger partial charge in [0, 0.05) is 84.1 Å². The van der Waals surface area contributed by atoms with Crippen molar-refractivity contribution >= 4 is 66.3 Å². The van der Waals surface area contributed by atoms with Crippen LogP contribution in [0, 0.1) is 47.5 Å². The number of pyridine rings is 5. The normalized spacial score (nSPS) is 12.8. The van der Waals surface area contributed by atoms with Crippen molar-refractivity contribution in [1.82, 2.24) is 0 Å². The van der Waals surface area contributed by atoms with E-state index in [0.29, 0.717) is 17.8 Å². The van der Waals surface area contributed by atoms with Crippen molar-refractivity contribution in [3.8, 4) is 56.3 Å². The van der Waals surface area contributed by atoms with Crippen molar-refractivity contribution < 1.29 is 22.8 Å². The summed E-state index contributed by atoms with van der Waals surface area (Å²) < 4.78 is 11.7. The number of benzene rings is 5. The summed E-state index contributed by atoms with van der Waals surface area (Å²) in [6.07, 6.45) is 13.2. The fourth-order valence-electron chi connectivity index (χ4n) is 17.2. The zero-order chi connectivity index (χ0) is 95.8. The Balaban J connectivity index is 0.000000242. The molecule has 0 saturated heterocycles. The molecule has 0 aliphatic heterocycles. The molecule has 125 heavy (non-hydrogen) atoms. The molecular formula is C115H180N5Si5+5. The van der Waals surface area contributed by atoms with Crippen LogP contribution in [0.1, 0.15) is 261 Å². The number of aromatic nitrogens is 5. The van der Waals surface area contributed by atoms with Gasteiger partial charge in [0.1, 0.15) is 35.2 Å². The summed E-state index contributed by atoms with van der Waals surface area (Å²) in [5.74, 6) is 1.78. The minimum atomic E-state index is -1.42. The first-order valence-corrected chi connectivity index (χ1v) is 64.7. The largest absolute Gasteiger partial charge is 0.212 e. The van der Waals surface area contributed by atoms with E-state index in [9.17, 15) is 0 Å². The van der Waals surface area contributed by atoms with Gasteiger partial charge in [-0.25, -0.2) is 22.8 Å². The Hall–Kier alpha value is -7.07. The Morgan fingerprint density at radius 1 is 0.256 bits per heavy atom. The first-order valence-electron chi connectivity index (χ1n) is 47.2. The molecule has 0 N–H and O–H groups in total. The van der Waals surface area contributed by atoms with Crippen LogP contribution < -0.4 is 48.8 Å². The summed E-state index contributed by atoms with van der Waals surface area (Å²) in [6.45, 7) is 106. The first kappa shape index (κ1) is 107. The molecule has 680 valence electrons. The van der Waals surface area contributed by atoms with E-state index in [1.807, 2.05) is 0 Å². The second-order valence-corrected chi connectivity index (χ2v) is 75.0. The van der Waals surface area contributed by atoms with Gasteiger partial charge in [0.25, 0.3) is 0 Å². The molecule has 5 heterocycles. The molecule has 5 aromatic heterocycles. The van der Waals surface area contributed by atoms with Crippen LogP contribution in [0.3, 0.4) is 0 Å². The third-order valence-corrected chi connectivity index (χ3v) is 35.2. The standard InChI is InChI=1S/2C24H38NSi.2C23H36NSi.C21H32NSi/c1-17-12-13-18(23(2,3)4)14-19(17)21-15-20(24(5,6)7)22(16-25(21)8)26(9,10)11;1-17(2)13-19-12-11-18(3)20(14-19)22-15-21(24(4,5)6)23(16-25(22)7)26(8,9)10;1-16(2)20-14-21(24(7)15-22(20)25(8,9)10)19-12-11-18(13-17(19)3)23(4,5)6;1-16(2)18-12-11-17(3)19(13-18)21-14-20(23(4,5)6)22(15-24(21)7)25(8,9)10;1-15-10-11-16(2)17(12-15)19-13-18(21(3,4)5)20(14-22(19)6)23(7,8)9/h12-16H,1-11H3;11-12,14-17H,13H2,1-10H3;2*11-16H,1-10H3;10-14H,1-9H3/q5*+1. The highest BCUT2D eigenvalue weighted by molar-refractivity contribution is 6.90. The molecule has 0 bridgehead atoms. The molecule has 0 aliphatic carbocycles. The lowest BCUT2D eigenvalue weighted by molar-refractivity contribution is -0.659. The molecule has 10 rings (SSSR count). The van der Waals surface area contributed by atoms with Crippen LogP contribution in [0.2, 0.25) is 98.2 Å². The minimum Gasteiger partial charge on any atom is -0.201 e. The summed E-state index contributed by atoms with van der Waals surface area (Å²) in [7, 11) is 4.01. The van der Waals surface area contributed by atoms with Gasteiger partial charge in [-0.1, -0.05) is 331 Å². The maximum atomic E-state index is 2.47. The Kier molecular flexibility index (Phi) is 33.9. The molecule has 5 aromatic carbocycles. The topological polar surface area (TPSA) is 19.4 Å². The van der Waals surface area contributed by atoms with Gasteiger partial charge in [-0.2, -0.15) is 0 Å². The van der Waals surface area contributed by atoms with Crippen molar-refractivity contribution in [1.29, 1.82) is 0 Å². The van der Waals surface area contributed by atoms with E-state index in [1.165, 1.54) is 140 Å². The van der Waals surface area contributed by atoms with Crippen molar-refractivity contribution in [2.75, 3.05) is 0 Å². The fraction of sp³-hybridized carbons (Fsp3) is 0.522. The SMILES string of the molecule is Cc1cc(C(C)(C)C)ccc1-c1cc(C(C)C)c([Si](C)(C)C)c[n+]1C.Cc1ccc(C(C)(C)C)cc1-c1cc(C(C)(C)C)c([Si](C)(C)C)c[n+]1C.Cc1ccc(C(C)C)cc1-c1cc(C(C)(C)C)c([Si](C)(C)C)c[n+]1C.Cc1ccc(C)c(-c2cc(C(C)(C)C)c([Si](C)(C)C)c[n+]2C)c1.Cc1ccc(CC(C)C)cc1-c1cc(C(C)(C)C)c([Si](C)(C)C)c[n+]1C. The van der Waals surface area contributed by atoms with Crippen LogP contribution in [0.25, 0.3) is 56.3 Å². The lowest BCUT2D eigenvalue weighted by Crippen LogP contribution is -2.49. The molecular weight excluding hydrogens is 1590 g/mol. The third kappa shape index (κ3) is 27.7. The maximum absolute atomic E-state index is 2.47. The van der Waals surface area contributed by atoms with Gasteiger partial charge in [-0.3, -0.25) is 0 Å². The smallest absolute Gasteiger partial charge is 0.201 e. The van der Waals surface area contributed by atoms with E-state index in [-0.39, 0.29) is 32.5 Å². The van der Waals surface area contributed by atoms with Crippen molar-refractivity contribution in [2.24, 2.45) is 41.2 Å². The molecule has 0 amide bonds. The van der Waals surface area contributed by atoms with E-state index in [1.54, 1.807) is 25.9 Å². The molecule has 10 aromatic rings. The number of hydrogen-bond donors (Lipinski definition) is 0. The lowest BCUT2D eigenvalue weighted by Gasteiger charge is -2.28. The van der Waals surface area contributed by atoms with E-state index in [2.05, 4.69) is 516 Å². The maximum Gasteiger partial charge on any atom is 0.212 e. The van der Waals surface area contributed by atoms with Gasteiger partial charge in [0.2, 0.25) is 28.5 Å². The lowest BCUT2D eigenvalue weighted by atomic mass is 9.83. The number of nitrogens with zero attached hydrogens (tertiary/aromatic N) is 5. The summed E-state index contributed by atoms with van der Waals surface area (Å²) >= 11 is 0. The Bertz CT molecular complexity index is 5450. The Labute approximate surface area is 773 Å². The van der Waals surface area contributed by atoms with Crippen molar-refractivity contribution in [2.45, 2.75) is 357 Å². The number of rotatable bonds is 14. The minimum absolute atomic E-state index is 0.147. The molecule has 0 fully saturated rings. The molecule has 0 spiro atoms. The molecule has 0 aliphatic rings. The van der Waals surface area contributed by atoms with Crippen LogP contribution in [-0.4, -0.2) is 40.4 Å². The average Bonchev–Trinajstić information content (AvgIpc) is 0.775. The molecule has 0 saturated carbocycles. The number of hydrogen-bond acceptors (Lipinski definition) is 0. The zero-order valence-electron chi connectivity index (χ0n) is 89.6. The van der Waals surface area contributed by atoms with Gasteiger partial charge in [0.15, 0.2) is 31.0 Å². The summed E-state index contributed by atoms with van der Waals surface area (Å²) in [4.78, 5) is 0. The van der Waals surface area contributed by atoms with Crippen molar-refractivity contribution in [3.63, 3.8) is 0 Å². The van der Waals surface area contributed by atoms with Crippen molar-refractivity contribution in [3.05, 3.63) is 236 Å². The highest BCUT2D eigenvalue weighted by Crippen LogP contribution is 2.37. The van der Waals surface area contributed by atoms with Gasteiger partial charge in [-0.05, 0) is 206 Å². The molecule has 0 atom stereocenters. The van der Waals surface area contributed by atoms with Crippen LogP contribution >= 0.6 is 0 Å². The average molecular weight is 1770 g/mol. The summed E-state index contributed by atoms with van der Waals surface area (Å²) in [6, 6.07) is 46.8. The molecule has 10 heteroatoms. The van der Waals surface area contributed by atoms with Gasteiger partial charge in [-0.15, -0.1) is 0 Å². The highest BCUT2D eigenvalue weighted by atomic mass is 28.3. The van der Waals surface area contributed by atoms with E-state index >= 15 is 0 Å². The van der Waals surface area contributed by atoms with Crippen LogP contribution in [-0.2, 0) is 74.1 Å². The monoisotopic (exact) mass is 1770 g/mol. The zero-order valence-corrected chi connectivity index (χ0v) is 94.6. The summed E-state index contributed by atoms with van der Waals surface area (Å²) in [5.41, 5.74) is 35.6. The van der Waals surface area contributed by atoms with Gasteiger partial charge < -0.3 is 0 Å².